The Balaban J connectivity index is 1.57. The normalized spacial score (nSPS) is 17.1. The van der Waals surface area contributed by atoms with Crippen LogP contribution >= 0.6 is 0 Å². The van der Waals surface area contributed by atoms with Crippen LogP contribution in [0.4, 0.5) is 0 Å². The van der Waals surface area contributed by atoms with Crippen LogP contribution in [0.5, 0.6) is 0 Å². The summed E-state index contributed by atoms with van der Waals surface area (Å²) in [6, 6.07) is 3.78. The number of aromatic nitrogens is 5. The summed E-state index contributed by atoms with van der Waals surface area (Å²) >= 11 is 0. The molecule has 0 bridgehead atoms. The van der Waals surface area contributed by atoms with Crippen LogP contribution in [0.25, 0.3) is 5.65 Å². The molecule has 3 aromatic heterocycles. The lowest BCUT2D eigenvalue weighted by Crippen LogP contribution is -2.31. The molecule has 1 aliphatic heterocycles. The zero-order chi connectivity index (χ0) is 19.1. The molecular weight excluding hydrogens is 344 g/mol. The first-order chi connectivity index (χ1) is 13.0. The number of hydrogen-bond acceptors (Lipinski definition) is 4. The number of aromatic amines is 1. The van der Waals surface area contributed by atoms with Gasteiger partial charge < -0.3 is 4.90 Å². The van der Waals surface area contributed by atoms with Crippen molar-refractivity contribution >= 4 is 11.6 Å². The van der Waals surface area contributed by atoms with E-state index in [0.717, 1.165) is 36.5 Å². The smallest absolute Gasteiger partial charge is 0.275 e. The van der Waals surface area contributed by atoms with Crippen LogP contribution in [0, 0.1) is 20.8 Å². The summed E-state index contributed by atoms with van der Waals surface area (Å²) in [6.07, 6.45) is 3.99. The maximum atomic E-state index is 12.8. The first-order valence-electron chi connectivity index (χ1n) is 9.32. The van der Waals surface area contributed by atoms with Gasteiger partial charge in [-0.05, 0) is 39.7 Å². The van der Waals surface area contributed by atoms with Crippen LogP contribution in [0.15, 0.2) is 23.1 Å². The predicted molar refractivity (Wildman–Crippen MR) is 101 cm³/mol. The molecule has 1 saturated heterocycles. The molecule has 0 spiro atoms. The van der Waals surface area contributed by atoms with Crippen molar-refractivity contribution in [2.45, 2.75) is 52.6 Å². The van der Waals surface area contributed by atoms with Crippen molar-refractivity contribution < 1.29 is 4.79 Å². The Kier molecular flexibility index (Phi) is 4.33. The van der Waals surface area contributed by atoms with E-state index in [4.69, 9.17) is 0 Å². The van der Waals surface area contributed by atoms with Crippen LogP contribution in [-0.2, 0) is 11.3 Å². The second-order valence-electron chi connectivity index (χ2n) is 7.22. The molecule has 1 fully saturated rings. The van der Waals surface area contributed by atoms with Gasteiger partial charge in [-0.25, -0.2) is 9.50 Å². The molecule has 1 aliphatic rings. The van der Waals surface area contributed by atoms with Gasteiger partial charge in [0.2, 0.25) is 5.91 Å². The van der Waals surface area contributed by atoms with Gasteiger partial charge in [0.05, 0.1) is 11.7 Å². The second-order valence-corrected chi connectivity index (χ2v) is 7.22. The largest absolute Gasteiger partial charge is 0.334 e. The van der Waals surface area contributed by atoms with E-state index in [0.29, 0.717) is 24.2 Å². The lowest BCUT2D eigenvalue weighted by Gasteiger charge is -2.24. The number of likely N-dealkylation sites (tertiary alicyclic amines) is 1. The topological polar surface area (TPSA) is 88.3 Å². The molecule has 8 heteroatoms. The molecule has 0 unspecified atom stereocenters. The molecule has 1 amide bonds. The number of hydrogen-bond donors (Lipinski definition) is 1. The van der Waals surface area contributed by atoms with E-state index in [1.807, 2.05) is 35.6 Å². The summed E-state index contributed by atoms with van der Waals surface area (Å²) in [5.74, 6) is 0.110. The lowest BCUT2D eigenvalue weighted by atomic mass is 10.1. The van der Waals surface area contributed by atoms with E-state index < -0.39 is 0 Å². The van der Waals surface area contributed by atoms with Gasteiger partial charge in [0, 0.05) is 48.7 Å². The molecule has 1 N–H and O–H groups in total. The quantitative estimate of drug-likeness (QED) is 0.762. The summed E-state index contributed by atoms with van der Waals surface area (Å²) < 4.78 is 3.33. The molecule has 4 heterocycles. The molecule has 0 aliphatic carbocycles. The van der Waals surface area contributed by atoms with Crippen LogP contribution in [0.2, 0.25) is 0 Å². The Labute approximate surface area is 156 Å². The maximum absolute atomic E-state index is 12.8. The van der Waals surface area contributed by atoms with E-state index in [2.05, 4.69) is 15.2 Å². The molecule has 0 radical (unpaired) electrons. The fourth-order valence-electron chi connectivity index (χ4n) is 3.77. The SMILES string of the molecule is Cc1nc2cc([C@H]3CCCN3C(=O)CCn3nccc3C)[nH]n2c(=O)c1C. The van der Waals surface area contributed by atoms with E-state index in [-0.39, 0.29) is 17.5 Å². The third kappa shape index (κ3) is 3.05. The maximum Gasteiger partial charge on any atom is 0.275 e. The van der Waals surface area contributed by atoms with E-state index in [1.54, 1.807) is 13.1 Å². The Morgan fingerprint density at radius 3 is 2.89 bits per heavy atom. The minimum atomic E-state index is -0.0891. The average Bonchev–Trinajstić information content (AvgIpc) is 3.36. The first-order valence-corrected chi connectivity index (χ1v) is 9.32. The highest BCUT2D eigenvalue weighted by Gasteiger charge is 2.31. The number of amides is 1. The highest BCUT2D eigenvalue weighted by atomic mass is 16.2. The summed E-state index contributed by atoms with van der Waals surface area (Å²) in [7, 11) is 0. The number of H-pyrrole nitrogens is 1. The summed E-state index contributed by atoms with van der Waals surface area (Å²) in [4.78, 5) is 31.7. The van der Waals surface area contributed by atoms with Gasteiger partial charge in [0.15, 0.2) is 5.65 Å². The molecule has 8 nitrogen and oxygen atoms in total. The third-order valence-electron chi connectivity index (χ3n) is 5.50. The van der Waals surface area contributed by atoms with Gasteiger partial charge in [0.25, 0.3) is 5.56 Å². The van der Waals surface area contributed by atoms with E-state index >= 15 is 0 Å². The van der Waals surface area contributed by atoms with Gasteiger partial charge in [-0.1, -0.05) is 0 Å². The lowest BCUT2D eigenvalue weighted by molar-refractivity contribution is -0.132. The molecule has 0 saturated carbocycles. The number of fused-ring (bicyclic) bond motifs is 1. The monoisotopic (exact) mass is 368 g/mol. The molecule has 0 aromatic carbocycles. The minimum Gasteiger partial charge on any atom is -0.334 e. The van der Waals surface area contributed by atoms with Gasteiger partial charge >= 0.3 is 0 Å². The fourth-order valence-corrected chi connectivity index (χ4v) is 3.77. The van der Waals surface area contributed by atoms with Crippen molar-refractivity contribution in [2.24, 2.45) is 0 Å². The van der Waals surface area contributed by atoms with Gasteiger partial charge in [-0.2, -0.15) is 5.10 Å². The second kappa shape index (κ2) is 6.68. The number of nitrogens with zero attached hydrogens (tertiary/aromatic N) is 5. The number of aryl methyl sites for hydroxylation is 3. The van der Waals surface area contributed by atoms with Gasteiger partial charge in [0.1, 0.15) is 0 Å². The van der Waals surface area contributed by atoms with Gasteiger partial charge in [-0.3, -0.25) is 19.4 Å². The third-order valence-corrected chi connectivity index (χ3v) is 5.50. The van der Waals surface area contributed by atoms with Crippen molar-refractivity contribution in [1.29, 1.82) is 0 Å². The van der Waals surface area contributed by atoms with Crippen LogP contribution < -0.4 is 5.56 Å². The van der Waals surface area contributed by atoms with Crippen molar-refractivity contribution in [3.63, 3.8) is 0 Å². The van der Waals surface area contributed by atoms with E-state index in [1.165, 1.54) is 4.52 Å². The van der Waals surface area contributed by atoms with Crippen LogP contribution in [0.3, 0.4) is 0 Å². The van der Waals surface area contributed by atoms with Crippen LogP contribution in [-0.4, -0.2) is 41.7 Å². The van der Waals surface area contributed by atoms with Crippen molar-refractivity contribution in [1.82, 2.24) is 29.3 Å². The highest BCUT2D eigenvalue weighted by Crippen LogP contribution is 2.32. The summed E-state index contributed by atoms with van der Waals surface area (Å²) in [5.41, 5.74) is 3.80. The highest BCUT2D eigenvalue weighted by molar-refractivity contribution is 5.77. The predicted octanol–water partition coefficient (Wildman–Crippen LogP) is 1.90. The molecule has 4 rings (SSSR count). The fraction of sp³-hybridized carbons (Fsp3) is 0.474. The van der Waals surface area contributed by atoms with Gasteiger partial charge in [-0.15, -0.1) is 0 Å². The zero-order valence-electron chi connectivity index (χ0n) is 15.9. The summed E-state index contributed by atoms with van der Waals surface area (Å²) in [6.45, 7) is 6.91. The van der Waals surface area contributed by atoms with Crippen molar-refractivity contribution in [3.05, 3.63) is 51.3 Å². The molecule has 27 heavy (non-hydrogen) atoms. The number of nitrogens with one attached hydrogen (secondary N) is 1. The summed E-state index contributed by atoms with van der Waals surface area (Å²) in [5, 5.41) is 7.41. The van der Waals surface area contributed by atoms with Crippen molar-refractivity contribution in [3.8, 4) is 0 Å². The molecule has 3 aromatic rings. The van der Waals surface area contributed by atoms with Crippen molar-refractivity contribution in [2.75, 3.05) is 6.54 Å². The standard InChI is InChI=1S/C19H24N6O2/c1-12-6-8-20-24(12)10-7-18(26)23-9-4-5-16(23)15-11-17-21-14(3)13(2)19(27)25(17)22-15/h6,8,11,16,22H,4-5,7,9-10H2,1-3H3/t16-/m1/s1. The first kappa shape index (κ1) is 17.5. The Hall–Kier alpha value is -2.90. The van der Waals surface area contributed by atoms with Crippen LogP contribution in [0.1, 0.15) is 47.9 Å². The molecule has 142 valence electrons. The molecule has 1 atom stereocenters. The Bertz CT molecular complexity index is 1060. The minimum absolute atomic E-state index is 0.0436. The molecular formula is C19H24N6O2. The van der Waals surface area contributed by atoms with E-state index in [9.17, 15) is 9.59 Å². The number of carbonyl (C=O) groups excluding carboxylic acids is 1. The number of carbonyl (C=O) groups is 1. The number of rotatable bonds is 4. The average molecular weight is 368 g/mol. The Morgan fingerprint density at radius 2 is 2.15 bits per heavy atom. The Morgan fingerprint density at radius 1 is 1.33 bits per heavy atom. The zero-order valence-corrected chi connectivity index (χ0v) is 15.9.